The van der Waals surface area contributed by atoms with Crippen LogP contribution < -0.4 is 4.74 Å². The molecule has 0 saturated heterocycles. The van der Waals surface area contributed by atoms with Crippen molar-refractivity contribution in [2.24, 2.45) is 0 Å². The molecule has 6 nitrogen and oxygen atoms in total. The molecule has 9 heteroatoms. The van der Waals surface area contributed by atoms with Gasteiger partial charge in [-0.15, -0.1) is 0 Å². The lowest BCUT2D eigenvalue weighted by Gasteiger charge is -2.24. The van der Waals surface area contributed by atoms with Crippen molar-refractivity contribution in [3.05, 3.63) is 103 Å². The summed E-state index contributed by atoms with van der Waals surface area (Å²) < 4.78 is 46.5. The zero-order chi connectivity index (χ0) is 28.0. The number of aliphatic hydroxyl groups is 1. The topological polar surface area (TPSA) is 63.4 Å². The van der Waals surface area contributed by atoms with Crippen LogP contribution in [-0.4, -0.2) is 50.0 Å². The van der Waals surface area contributed by atoms with E-state index in [1.54, 1.807) is 12.4 Å². The van der Waals surface area contributed by atoms with Gasteiger partial charge in [0.15, 0.2) is 0 Å². The van der Waals surface area contributed by atoms with E-state index in [9.17, 15) is 18.3 Å². The normalized spacial score (nSPS) is 12.8. The number of fused-ring (bicyclic) bond motifs is 3. The fraction of sp³-hybridized carbons (Fsp3) is 0.290. The Hall–Kier alpha value is -3.95. The largest absolute Gasteiger partial charge is 0.490 e. The number of aromatic nitrogens is 3. The molecular formula is C31H31F3N4O2. The summed E-state index contributed by atoms with van der Waals surface area (Å²) in [6.07, 6.45) is -2.35. The summed E-state index contributed by atoms with van der Waals surface area (Å²) in [5.74, 6) is 0.586. The highest BCUT2D eigenvalue weighted by molar-refractivity contribution is 6.11. The number of alkyl halides is 3. The third kappa shape index (κ3) is 6.97. The fourth-order valence-corrected chi connectivity index (χ4v) is 5.03. The minimum absolute atomic E-state index is 0.0105. The summed E-state index contributed by atoms with van der Waals surface area (Å²) in [5.41, 5.74) is 3.43. The van der Waals surface area contributed by atoms with Crippen LogP contribution in [0.4, 0.5) is 13.2 Å². The molecule has 1 N–H and O–H groups in total. The zero-order valence-electron chi connectivity index (χ0n) is 22.0. The number of pyridine rings is 2. The average molecular weight is 549 g/mol. The Morgan fingerprint density at radius 3 is 2.12 bits per heavy atom. The second-order valence-corrected chi connectivity index (χ2v) is 9.81. The number of ether oxygens (including phenoxy) is 1. The first-order valence-corrected chi connectivity index (χ1v) is 13.3. The van der Waals surface area contributed by atoms with Crippen molar-refractivity contribution in [3.63, 3.8) is 0 Å². The van der Waals surface area contributed by atoms with Crippen molar-refractivity contribution in [2.45, 2.75) is 44.8 Å². The van der Waals surface area contributed by atoms with Gasteiger partial charge in [-0.25, -0.2) is 0 Å². The second kappa shape index (κ2) is 12.5. The number of aliphatic hydroxyl groups excluding tert-OH is 1. The molecule has 0 aliphatic rings. The molecule has 208 valence electrons. The number of aryl methyl sites for hydroxylation is 1. The zero-order valence-corrected chi connectivity index (χ0v) is 22.0. The van der Waals surface area contributed by atoms with Gasteiger partial charge in [0, 0.05) is 61.3 Å². The number of hydrogen-bond acceptors (Lipinski definition) is 5. The standard InChI is InChI=1S/C31H31F3N4O2/c32-31(33,34)15-8-18-38-27-12-2-1-11-26(27)30-28(38)13-7-14-29(30)40-22-25(39)21-37(19-23-9-3-5-16-35-23)20-24-10-4-6-17-36-24/h1-7,9-14,16-17,25,39H,8,15,18-22H2. The van der Waals surface area contributed by atoms with Crippen molar-refractivity contribution in [3.8, 4) is 5.75 Å². The molecule has 5 aromatic rings. The van der Waals surface area contributed by atoms with Crippen LogP contribution in [0.5, 0.6) is 5.75 Å². The smallest absolute Gasteiger partial charge is 0.389 e. The molecule has 0 saturated carbocycles. The molecule has 0 aliphatic heterocycles. The summed E-state index contributed by atoms with van der Waals surface area (Å²) in [6, 6.07) is 24.7. The summed E-state index contributed by atoms with van der Waals surface area (Å²) in [5, 5.41) is 12.7. The van der Waals surface area contributed by atoms with E-state index in [2.05, 4.69) is 14.9 Å². The van der Waals surface area contributed by atoms with E-state index in [-0.39, 0.29) is 19.6 Å². The van der Waals surface area contributed by atoms with Gasteiger partial charge in [0.25, 0.3) is 0 Å². The first-order chi connectivity index (χ1) is 19.4. The summed E-state index contributed by atoms with van der Waals surface area (Å²) >= 11 is 0. The number of halogens is 3. The molecule has 1 unspecified atom stereocenters. The van der Waals surface area contributed by atoms with Gasteiger partial charge < -0.3 is 14.4 Å². The summed E-state index contributed by atoms with van der Waals surface area (Å²) in [7, 11) is 0. The van der Waals surface area contributed by atoms with Gasteiger partial charge in [-0.1, -0.05) is 36.4 Å². The van der Waals surface area contributed by atoms with E-state index in [0.717, 1.165) is 33.2 Å². The molecule has 5 rings (SSSR count). The van der Waals surface area contributed by atoms with E-state index in [1.165, 1.54) is 0 Å². The maximum Gasteiger partial charge on any atom is 0.389 e. The van der Waals surface area contributed by atoms with Gasteiger partial charge >= 0.3 is 6.18 Å². The van der Waals surface area contributed by atoms with Gasteiger partial charge in [0.1, 0.15) is 18.5 Å². The van der Waals surface area contributed by atoms with E-state index >= 15 is 0 Å². The van der Waals surface area contributed by atoms with Crippen LogP contribution in [0.25, 0.3) is 21.8 Å². The monoisotopic (exact) mass is 548 g/mol. The molecule has 0 bridgehead atoms. The minimum Gasteiger partial charge on any atom is -0.490 e. The van der Waals surface area contributed by atoms with Gasteiger partial charge in [0.2, 0.25) is 0 Å². The molecule has 0 amide bonds. The van der Waals surface area contributed by atoms with E-state index in [4.69, 9.17) is 4.74 Å². The van der Waals surface area contributed by atoms with E-state index < -0.39 is 18.7 Å². The maximum absolute atomic E-state index is 12.8. The van der Waals surface area contributed by atoms with E-state index in [1.807, 2.05) is 83.4 Å². The molecule has 0 fully saturated rings. The lowest BCUT2D eigenvalue weighted by molar-refractivity contribution is -0.135. The first-order valence-electron chi connectivity index (χ1n) is 13.3. The van der Waals surface area contributed by atoms with Gasteiger partial charge in [0.05, 0.1) is 16.9 Å². The van der Waals surface area contributed by atoms with Crippen LogP contribution in [0, 0.1) is 0 Å². The number of hydrogen-bond donors (Lipinski definition) is 1. The van der Waals surface area contributed by atoms with Gasteiger partial charge in [-0.2, -0.15) is 13.2 Å². The van der Waals surface area contributed by atoms with Crippen molar-refractivity contribution >= 4 is 21.8 Å². The number of benzene rings is 2. The third-order valence-corrected chi connectivity index (χ3v) is 6.72. The minimum atomic E-state index is -4.19. The predicted molar refractivity (Wildman–Crippen MR) is 149 cm³/mol. The van der Waals surface area contributed by atoms with Crippen molar-refractivity contribution in [2.75, 3.05) is 13.2 Å². The highest BCUT2D eigenvalue weighted by atomic mass is 19.4. The number of rotatable bonds is 12. The van der Waals surface area contributed by atoms with Crippen molar-refractivity contribution < 1.29 is 23.0 Å². The average Bonchev–Trinajstić information content (AvgIpc) is 3.26. The lowest BCUT2D eigenvalue weighted by atomic mass is 10.1. The molecular weight excluding hydrogens is 517 g/mol. The van der Waals surface area contributed by atoms with Gasteiger partial charge in [-0.3, -0.25) is 14.9 Å². The lowest BCUT2D eigenvalue weighted by Crippen LogP contribution is -2.35. The van der Waals surface area contributed by atoms with Crippen LogP contribution >= 0.6 is 0 Å². The van der Waals surface area contributed by atoms with E-state index in [0.29, 0.717) is 25.4 Å². The van der Waals surface area contributed by atoms with Gasteiger partial charge in [-0.05, 0) is 48.9 Å². The summed E-state index contributed by atoms with van der Waals surface area (Å²) in [6.45, 7) is 1.70. The Kier molecular flexibility index (Phi) is 8.62. The number of para-hydroxylation sites is 1. The Morgan fingerprint density at radius 1 is 0.825 bits per heavy atom. The molecule has 0 radical (unpaired) electrons. The highest BCUT2D eigenvalue weighted by Crippen LogP contribution is 2.36. The molecule has 3 heterocycles. The SMILES string of the molecule is OC(COc1cccc2c1c1ccccc1n2CCCC(F)(F)F)CN(Cc1ccccn1)Cc1ccccn1. The Bertz CT molecular complexity index is 1480. The molecule has 40 heavy (non-hydrogen) atoms. The quantitative estimate of drug-likeness (QED) is 0.196. The molecule has 3 aromatic heterocycles. The van der Waals surface area contributed by atoms with Crippen molar-refractivity contribution in [1.29, 1.82) is 0 Å². The predicted octanol–water partition coefficient (Wildman–Crippen LogP) is 6.37. The van der Waals surface area contributed by atoms with Crippen LogP contribution in [0.3, 0.4) is 0 Å². The Balaban J connectivity index is 1.33. The van der Waals surface area contributed by atoms with Crippen LogP contribution in [0.1, 0.15) is 24.2 Å². The summed E-state index contributed by atoms with van der Waals surface area (Å²) in [4.78, 5) is 10.9. The molecule has 0 spiro atoms. The fourth-order valence-electron chi connectivity index (χ4n) is 5.03. The van der Waals surface area contributed by atoms with Crippen LogP contribution in [-0.2, 0) is 19.6 Å². The van der Waals surface area contributed by atoms with Crippen LogP contribution in [0.2, 0.25) is 0 Å². The molecule has 2 aromatic carbocycles. The maximum atomic E-state index is 12.8. The second-order valence-electron chi connectivity index (χ2n) is 9.81. The molecule has 0 aliphatic carbocycles. The number of nitrogens with zero attached hydrogens (tertiary/aromatic N) is 4. The highest BCUT2D eigenvalue weighted by Gasteiger charge is 2.26. The first kappa shape index (κ1) is 27.6. The van der Waals surface area contributed by atoms with Crippen LogP contribution in [0.15, 0.2) is 91.3 Å². The van der Waals surface area contributed by atoms with Crippen molar-refractivity contribution in [1.82, 2.24) is 19.4 Å². The Morgan fingerprint density at radius 2 is 1.48 bits per heavy atom. The third-order valence-electron chi connectivity index (χ3n) is 6.72. The Labute approximate surface area is 230 Å². The molecule has 1 atom stereocenters.